The van der Waals surface area contributed by atoms with Gasteiger partial charge in [0.05, 0.1) is 15.5 Å². The van der Waals surface area contributed by atoms with Gasteiger partial charge in [-0.3, -0.25) is 20.2 Å². The number of non-ortho nitro benzene ring substituents is 1. The fourth-order valence-corrected chi connectivity index (χ4v) is 5.81. The molecule has 26 heavy (non-hydrogen) atoms. The Morgan fingerprint density at radius 1 is 1.15 bits per heavy atom. The molecule has 5 rings (SSSR count). The molecule has 2 N–H and O–H groups in total. The van der Waals surface area contributed by atoms with Gasteiger partial charge in [0.1, 0.15) is 0 Å². The number of rotatable bonds is 3. The van der Waals surface area contributed by atoms with E-state index in [4.69, 9.17) is 23.8 Å². The Morgan fingerprint density at radius 3 is 2.31 bits per heavy atom. The van der Waals surface area contributed by atoms with Crippen molar-refractivity contribution in [3.05, 3.63) is 38.9 Å². The van der Waals surface area contributed by atoms with Gasteiger partial charge in [-0.25, -0.2) is 0 Å². The van der Waals surface area contributed by atoms with Crippen molar-refractivity contribution in [3.8, 4) is 0 Å². The maximum absolute atomic E-state index is 12.4. The van der Waals surface area contributed by atoms with Gasteiger partial charge in [0.25, 0.3) is 11.6 Å². The molecule has 6 nitrogen and oxygen atoms in total. The zero-order valence-electron chi connectivity index (χ0n) is 14.1. The molecule has 4 saturated carbocycles. The summed E-state index contributed by atoms with van der Waals surface area (Å²) in [5, 5.41) is 17.1. The topological polar surface area (TPSA) is 84.3 Å². The number of benzene rings is 1. The first-order valence-electron chi connectivity index (χ1n) is 8.96. The number of hydrogen-bond donors (Lipinski definition) is 2. The Bertz CT molecular complexity index is 757. The van der Waals surface area contributed by atoms with Gasteiger partial charge < -0.3 is 5.32 Å². The Balaban J connectivity index is 1.39. The Morgan fingerprint density at radius 2 is 1.77 bits per heavy atom. The largest absolute Gasteiger partial charge is 0.359 e. The molecule has 0 heterocycles. The van der Waals surface area contributed by atoms with E-state index in [0.29, 0.717) is 23.0 Å². The van der Waals surface area contributed by atoms with Crippen LogP contribution < -0.4 is 10.6 Å². The monoisotopic (exact) mass is 393 g/mol. The first kappa shape index (κ1) is 17.7. The van der Waals surface area contributed by atoms with E-state index in [2.05, 4.69) is 10.6 Å². The van der Waals surface area contributed by atoms with Crippen molar-refractivity contribution in [3.63, 3.8) is 0 Å². The number of halogens is 1. The predicted molar refractivity (Wildman–Crippen MR) is 102 cm³/mol. The van der Waals surface area contributed by atoms with Crippen LogP contribution in [0, 0.1) is 33.8 Å². The lowest BCUT2D eigenvalue weighted by Crippen LogP contribution is -2.57. The average Bonchev–Trinajstić information content (AvgIpc) is 2.57. The maximum Gasteiger partial charge on any atom is 0.270 e. The molecule has 8 heteroatoms. The minimum absolute atomic E-state index is 0.0362. The van der Waals surface area contributed by atoms with E-state index in [1.165, 1.54) is 50.3 Å². The lowest BCUT2D eigenvalue weighted by atomic mass is 9.54. The SMILES string of the molecule is O=C(NC(=S)NC1C2CC3CC(C2)CC1C3)c1ccc([N+](=O)[O-])cc1Cl. The van der Waals surface area contributed by atoms with Crippen molar-refractivity contribution in [2.75, 3.05) is 0 Å². The average molecular weight is 394 g/mol. The third kappa shape index (κ3) is 3.30. The lowest BCUT2D eigenvalue weighted by molar-refractivity contribution is -0.384. The van der Waals surface area contributed by atoms with E-state index >= 15 is 0 Å². The van der Waals surface area contributed by atoms with E-state index in [1.807, 2.05) is 0 Å². The van der Waals surface area contributed by atoms with Gasteiger partial charge in [-0.1, -0.05) is 11.6 Å². The molecule has 4 fully saturated rings. The third-order valence-corrected chi connectivity index (χ3v) is 6.69. The first-order chi connectivity index (χ1) is 12.4. The summed E-state index contributed by atoms with van der Waals surface area (Å²) in [4.78, 5) is 22.6. The number of nitrogens with one attached hydrogen (secondary N) is 2. The van der Waals surface area contributed by atoms with Crippen molar-refractivity contribution in [1.82, 2.24) is 10.6 Å². The summed E-state index contributed by atoms with van der Waals surface area (Å²) >= 11 is 11.4. The van der Waals surface area contributed by atoms with Gasteiger partial charge in [0.2, 0.25) is 0 Å². The van der Waals surface area contributed by atoms with Gasteiger partial charge in [-0.2, -0.15) is 0 Å². The second kappa shape index (κ2) is 6.78. The summed E-state index contributed by atoms with van der Waals surface area (Å²) in [6.45, 7) is 0. The maximum atomic E-state index is 12.4. The smallest absolute Gasteiger partial charge is 0.270 e. The van der Waals surface area contributed by atoms with E-state index in [1.54, 1.807) is 0 Å². The summed E-state index contributed by atoms with van der Waals surface area (Å²) in [7, 11) is 0. The molecular weight excluding hydrogens is 374 g/mol. The van der Waals surface area contributed by atoms with E-state index in [-0.39, 0.29) is 16.3 Å². The molecule has 0 spiro atoms. The van der Waals surface area contributed by atoms with E-state index < -0.39 is 10.8 Å². The highest BCUT2D eigenvalue weighted by atomic mass is 35.5. The molecule has 0 atom stereocenters. The van der Waals surface area contributed by atoms with Crippen LogP contribution in [0.15, 0.2) is 18.2 Å². The highest BCUT2D eigenvalue weighted by molar-refractivity contribution is 7.80. The molecular formula is C18H20ClN3O3S. The van der Waals surface area contributed by atoms with Gasteiger partial charge in [-0.15, -0.1) is 0 Å². The molecule has 1 amide bonds. The van der Waals surface area contributed by atoms with Crippen LogP contribution in [0.5, 0.6) is 0 Å². The summed E-state index contributed by atoms with van der Waals surface area (Å²) < 4.78 is 0. The van der Waals surface area contributed by atoms with Crippen molar-refractivity contribution in [2.24, 2.45) is 23.7 Å². The normalized spacial score (nSPS) is 31.5. The predicted octanol–water partition coefficient (Wildman–Crippen LogP) is 3.68. The van der Waals surface area contributed by atoms with Gasteiger partial charge in [-0.05, 0) is 74.1 Å². The number of nitrogens with zero attached hydrogens (tertiary/aromatic N) is 1. The van der Waals surface area contributed by atoms with E-state index in [0.717, 1.165) is 11.8 Å². The number of nitro groups is 1. The van der Waals surface area contributed by atoms with Crippen molar-refractivity contribution >= 4 is 40.5 Å². The zero-order valence-corrected chi connectivity index (χ0v) is 15.7. The summed E-state index contributed by atoms with van der Waals surface area (Å²) in [6.07, 6.45) is 6.43. The minimum Gasteiger partial charge on any atom is -0.359 e. The molecule has 1 aromatic carbocycles. The lowest BCUT2D eigenvalue weighted by Gasteiger charge is -2.54. The fourth-order valence-electron chi connectivity index (χ4n) is 5.32. The number of nitro benzene ring substituents is 1. The molecule has 4 bridgehead atoms. The summed E-state index contributed by atoms with van der Waals surface area (Å²) in [6, 6.07) is 4.11. The van der Waals surface area contributed by atoms with Crippen molar-refractivity contribution in [2.45, 2.75) is 38.1 Å². The molecule has 0 unspecified atom stereocenters. The molecule has 138 valence electrons. The van der Waals surface area contributed by atoms with Crippen LogP contribution in [0.25, 0.3) is 0 Å². The number of amides is 1. The molecule has 1 aromatic rings. The third-order valence-electron chi connectivity index (χ3n) is 6.16. The van der Waals surface area contributed by atoms with Crippen LogP contribution in [0.2, 0.25) is 5.02 Å². The van der Waals surface area contributed by atoms with Crippen LogP contribution in [0.3, 0.4) is 0 Å². The molecule has 0 radical (unpaired) electrons. The van der Waals surface area contributed by atoms with Gasteiger partial charge >= 0.3 is 0 Å². The quantitative estimate of drug-likeness (QED) is 0.465. The summed E-state index contributed by atoms with van der Waals surface area (Å²) in [5.41, 5.74) is 0.0207. The van der Waals surface area contributed by atoms with Gasteiger partial charge in [0.15, 0.2) is 5.11 Å². The number of hydrogen-bond acceptors (Lipinski definition) is 4. The van der Waals surface area contributed by atoms with Crippen molar-refractivity contribution in [1.29, 1.82) is 0 Å². The standard InChI is InChI=1S/C18H20ClN3O3S/c19-15-8-13(22(24)25)1-2-14(15)17(23)21-18(26)20-16-11-4-9-3-10(6-11)7-12(16)5-9/h1-2,8-12,16H,3-7H2,(H2,20,21,23,26). The fraction of sp³-hybridized carbons (Fsp3) is 0.556. The van der Waals surface area contributed by atoms with Crippen molar-refractivity contribution < 1.29 is 9.72 Å². The Hall–Kier alpha value is -1.73. The van der Waals surface area contributed by atoms with Crippen LogP contribution in [-0.2, 0) is 0 Å². The van der Waals surface area contributed by atoms with Crippen LogP contribution in [0.4, 0.5) is 5.69 Å². The van der Waals surface area contributed by atoms with Crippen LogP contribution in [-0.4, -0.2) is 22.0 Å². The number of thiocarbonyl (C=S) groups is 1. The Labute approximate surface area is 161 Å². The molecule has 4 aliphatic rings. The Kier molecular flexibility index (Phi) is 4.61. The van der Waals surface area contributed by atoms with E-state index in [9.17, 15) is 14.9 Å². The molecule has 4 aliphatic carbocycles. The highest BCUT2D eigenvalue weighted by Gasteiger charge is 2.48. The second-order valence-corrected chi connectivity index (χ2v) is 8.62. The van der Waals surface area contributed by atoms with Crippen LogP contribution in [0.1, 0.15) is 42.5 Å². The number of carbonyl (C=O) groups excluding carboxylic acids is 1. The summed E-state index contributed by atoms with van der Waals surface area (Å²) in [5.74, 6) is 2.58. The highest BCUT2D eigenvalue weighted by Crippen LogP contribution is 2.53. The van der Waals surface area contributed by atoms with Gasteiger partial charge in [0, 0.05) is 18.2 Å². The minimum atomic E-state index is -0.549. The number of carbonyl (C=O) groups is 1. The molecule has 0 aliphatic heterocycles. The first-order valence-corrected chi connectivity index (χ1v) is 9.75. The second-order valence-electron chi connectivity index (χ2n) is 7.81. The van der Waals surface area contributed by atoms with Crippen LogP contribution >= 0.6 is 23.8 Å². The molecule has 0 saturated heterocycles. The zero-order chi connectivity index (χ0) is 18.4. The molecule has 0 aromatic heterocycles.